The summed E-state index contributed by atoms with van der Waals surface area (Å²) in [5.74, 6) is -1.14. The van der Waals surface area contributed by atoms with E-state index in [9.17, 15) is 19.2 Å². The molecule has 0 atom stereocenters. The highest BCUT2D eigenvalue weighted by molar-refractivity contribution is 5.99. The normalized spacial score (nSPS) is 12.8. The zero-order valence-electron chi connectivity index (χ0n) is 14.3. The number of benzene rings is 1. The van der Waals surface area contributed by atoms with Crippen LogP contribution in [0.1, 0.15) is 25.8 Å². The summed E-state index contributed by atoms with van der Waals surface area (Å²) in [7, 11) is 0. The topological polar surface area (TPSA) is 108 Å². The fourth-order valence-electron chi connectivity index (χ4n) is 2.73. The average Bonchev–Trinajstić information content (AvgIpc) is 2.57. The molecule has 0 fully saturated rings. The van der Waals surface area contributed by atoms with Gasteiger partial charge in [-0.2, -0.15) is 0 Å². The molecule has 8 heteroatoms. The molecule has 0 aliphatic carbocycles. The van der Waals surface area contributed by atoms with Crippen molar-refractivity contribution in [3.8, 4) is 0 Å². The Morgan fingerprint density at radius 3 is 2.48 bits per heavy atom. The van der Waals surface area contributed by atoms with E-state index >= 15 is 0 Å². The Morgan fingerprint density at radius 2 is 1.80 bits per heavy atom. The third-order valence-corrected chi connectivity index (χ3v) is 3.80. The fourth-order valence-corrected chi connectivity index (χ4v) is 2.73. The minimum absolute atomic E-state index is 0.151. The summed E-state index contributed by atoms with van der Waals surface area (Å²) in [5, 5.41) is 7.66. The van der Waals surface area contributed by atoms with Crippen LogP contribution in [0.2, 0.25) is 0 Å². The SMILES string of the molecule is CC(=O)NCC(=O)NCC(=O)N1CCCc2c(NC(C)=O)cccc21. The van der Waals surface area contributed by atoms with Crippen molar-refractivity contribution in [1.82, 2.24) is 10.6 Å². The zero-order valence-corrected chi connectivity index (χ0v) is 14.3. The molecule has 2 rings (SSSR count). The van der Waals surface area contributed by atoms with Gasteiger partial charge >= 0.3 is 0 Å². The summed E-state index contributed by atoms with van der Waals surface area (Å²) in [5.41, 5.74) is 2.37. The lowest BCUT2D eigenvalue weighted by molar-refractivity contribution is -0.126. The van der Waals surface area contributed by atoms with Crippen LogP contribution in [0.15, 0.2) is 18.2 Å². The second-order valence-corrected chi connectivity index (χ2v) is 5.82. The molecular weight excluding hydrogens is 324 g/mol. The number of nitrogens with zero attached hydrogens (tertiary/aromatic N) is 1. The van der Waals surface area contributed by atoms with Crippen LogP contribution in [0.5, 0.6) is 0 Å². The highest BCUT2D eigenvalue weighted by Crippen LogP contribution is 2.32. The van der Waals surface area contributed by atoms with Crippen molar-refractivity contribution < 1.29 is 19.2 Å². The maximum atomic E-state index is 12.5. The van der Waals surface area contributed by atoms with Crippen molar-refractivity contribution in [3.63, 3.8) is 0 Å². The average molecular weight is 346 g/mol. The van der Waals surface area contributed by atoms with E-state index in [1.807, 2.05) is 12.1 Å². The van der Waals surface area contributed by atoms with Crippen LogP contribution in [0, 0.1) is 0 Å². The molecule has 0 unspecified atom stereocenters. The molecule has 1 heterocycles. The van der Waals surface area contributed by atoms with Gasteiger partial charge in [0.25, 0.3) is 0 Å². The first-order chi connectivity index (χ1) is 11.9. The van der Waals surface area contributed by atoms with E-state index in [4.69, 9.17) is 0 Å². The van der Waals surface area contributed by atoms with Crippen LogP contribution >= 0.6 is 0 Å². The number of nitrogens with one attached hydrogen (secondary N) is 3. The van der Waals surface area contributed by atoms with Crippen LogP contribution in [0.25, 0.3) is 0 Å². The smallest absolute Gasteiger partial charge is 0.246 e. The molecule has 0 bridgehead atoms. The first-order valence-electron chi connectivity index (χ1n) is 8.09. The largest absolute Gasteiger partial charge is 0.347 e. The number of carbonyl (C=O) groups excluding carboxylic acids is 4. The molecule has 1 aromatic carbocycles. The van der Waals surface area contributed by atoms with Gasteiger partial charge in [0.1, 0.15) is 0 Å². The van der Waals surface area contributed by atoms with E-state index in [1.165, 1.54) is 13.8 Å². The molecule has 25 heavy (non-hydrogen) atoms. The minimum Gasteiger partial charge on any atom is -0.347 e. The molecule has 4 amide bonds. The predicted molar refractivity (Wildman–Crippen MR) is 93.1 cm³/mol. The number of carbonyl (C=O) groups is 4. The summed E-state index contributed by atoms with van der Waals surface area (Å²) < 4.78 is 0. The molecule has 3 N–H and O–H groups in total. The van der Waals surface area contributed by atoms with E-state index in [0.29, 0.717) is 12.2 Å². The van der Waals surface area contributed by atoms with Gasteiger partial charge in [0, 0.05) is 31.8 Å². The van der Waals surface area contributed by atoms with Crippen LogP contribution in [0.3, 0.4) is 0 Å². The van der Waals surface area contributed by atoms with Crippen LogP contribution in [0.4, 0.5) is 11.4 Å². The quantitative estimate of drug-likeness (QED) is 0.707. The number of hydrogen-bond acceptors (Lipinski definition) is 4. The summed E-state index contributed by atoms with van der Waals surface area (Å²) >= 11 is 0. The zero-order chi connectivity index (χ0) is 18.4. The monoisotopic (exact) mass is 346 g/mol. The summed E-state index contributed by atoms with van der Waals surface area (Å²) in [4.78, 5) is 47.8. The summed E-state index contributed by atoms with van der Waals surface area (Å²) in [6, 6.07) is 5.42. The van der Waals surface area contributed by atoms with Gasteiger partial charge in [0.05, 0.1) is 13.1 Å². The Balaban J connectivity index is 2.04. The molecule has 0 saturated heterocycles. The Labute approximate surface area is 145 Å². The molecular formula is C17H22N4O4. The molecule has 1 aliphatic heterocycles. The number of anilines is 2. The Hall–Kier alpha value is -2.90. The van der Waals surface area contributed by atoms with E-state index in [0.717, 1.165) is 24.1 Å². The lowest BCUT2D eigenvalue weighted by atomic mass is 9.99. The van der Waals surface area contributed by atoms with Crippen LogP contribution < -0.4 is 20.9 Å². The lowest BCUT2D eigenvalue weighted by Crippen LogP contribution is -2.45. The second kappa shape index (κ2) is 8.27. The lowest BCUT2D eigenvalue weighted by Gasteiger charge is -2.31. The van der Waals surface area contributed by atoms with Gasteiger partial charge in [-0.3, -0.25) is 19.2 Å². The van der Waals surface area contributed by atoms with E-state index in [-0.39, 0.29) is 30.8 Å². The van der Waals surface area contributed by atoms with Gasteiger partial charge in [-0.25, -0.2) is 0 Å². The third-order valence-electron chi connectivity index (χ3n) is 3.80. The standard InChI is InChI=1S/C17H22N4O4/c1-11(22)18-9-16(24)19-10-17(25)21-8-4-5-13-14(20-12(2)23)6-3-7-15(13)21/h3,6-7H,4-5,8-10H2,1-2H3,(H,18,22)(H,19,24)(H,20,23). The Kier molecular flexibility index (Phi) is 6.10. The van der Waals surface area contributed by atoms with Crippen molar-refractivity contribution in [1.29, 1.82) is 0 Å². The number of rotatable bonds is 5. The molecule has 0 radical (unpaired) electrons. The molecule has 1 aromatic rings. The van der Waals surface area contributed by atoms with Crippen LogP contribution in [-0.2, 0) is 25.6 Å². The molecule has 134 valence electrons. The fraction of sp³-hybridized carbons (Fsp3) is 0.412. The van der Waals surface area contributed by atoms with Gasteiger partial charge in [-0.1, -0.05) is 6.07 Å². The maximum Gasteiger partial charge on any atom is 0.246 e. The second-order valence-electron chi connectivity index (χ2n) is 5.82. The van der Waals surface area contributed by atoms with Gasteiger partial charge in [0.15, 0.2) is 0 Å². The Morgan fingerprint density at radius 1 is 1.04 bits per heavy atom. The number of amides is 4. The predicted octanol–water partition coefficient (Wildman–Crippen LogP) is 0.177. The van der Waals surface area contributed by atoms with Gasteiger partial charge < -0.3 is 20.9 Å². The van der Waals surface area contributed by atoms with Gasteiger partial charge in [0.2, 0.25) is 23.6 Å². The molecule has 0 spiro atoms. The van der Waals surface area contributed by atoms with Gasteiger partial charge in [-0.05, 0) is 30.5 Å². The molecule has 0 aromatic heterocycles. The highest BCUT2D eigenvalue weighted by atomic mass is 16.2. The minimum atomic E-state index is -0.423. The number of fused-ring (bicyclic) bond motifs is 1. The van der Waals surface area contributed by atoms with Gasteiger partial charge in [-0.15, -0.1) is 0 Å². The van der Waals surface area contributed by atoms with E-state index in [2.05, 4.69) is 16.0 Å². The highest BCUT2D eigenvalue weighted by Gasteiger charge is 2.24. The third kappa shape index (κ3) is 5.03. The van der Waals surface area contributed by atoms with Crippen molar-refractivity contribution >= 4 is 35.0 Å². The first kappa shape index (κ1) is 18.4. The van der Waals surface area contributed by atoms with Crippen molar-refractivity contribution in [2.24, 2.45) is 0 Å². The molecule has 0 saturated carbocycles. The van der Waals surface area contributed by atoms with E-state index in [1.54, 1.807) is 11.0 Å². The van der Waals surface area contributed by atoms with Crippen molar-refractivity contribution in [2.45, 2.75) is 26.7 Å². The van der Waals surface area contributed by atoms with Crippen LogP contribution in [-0.4, -0.2) is 43.3 Å². The van der Waals surface area contributed by atoms with E-state index < -0.39 is 5.91 Å². The summed E-state index contributed by atoms with van der Waals surface area (Å²) in [6.45, 7) is 3.00. The first-order valence-corrected chi connectivity index (χ1v) is 8.09. The maximum absolute atomic E-state index is 12.5. The number of hydrogen-bond donors (Lipinski definition) is 3. The summed E-state index contributed by atoms with van der Waals surface area (Å²) in [6.07, 6.45) is 1.54. The van der Waals surface area contributed by atoms with Crippen molar-refractivity contribution in [2.75, 3.05) is 29.9 Å². The van der Waals surface area contributed by atoms with Crippen molar-refractivity contribution in [3.05, 3.63) is 23.8 Å². The molecule has 8 nitrogen and oxygen atoms in total. The molecule has 1 aliphatic rings. The Bertz CT molecular complexity index is 702.